The predicted molar refractivity (Wildman–Crippen MR) is 185 cm³/mol. The molecular formula is C39H35BrN2O2. The van der Waals surface area contributed by atoms with Gasteiger partial charge >= 0.3 is 0 Å². The first kappa shape index (κ1) is 28.4. The predicted octanol–water partition coefficient (Wildman–Crippen LogP) is 10.5. The molecule has 220 valence electrons. The van der Waals surface area contributed by atoms with Gasteiger partial charge in [0.15, 0.2) is 11.5 Å². The summed E-state index contributed by atoms with van der Waals surface area (Å²) in [5, 5.41) is 6.23. The number of nitrogens with zero attached hydrogens (tertiary/aromatic N) is 1. The molecule has 0 unspecified atom stereocenters. The van der Waals surface area contributed by atoms with Crippen molar-refractivity contribution >= 4 is 44.3 Å². The fourth-order valence-electron chi connectivity index (χ4n) is 6.59. The molecule has 5 heteroatoms. The van der Waals surface area contributed by atoms with E-state index in [1.165, 1.54) is 33.2 Å². The highest BCUT2D eigenvalue weighted by molar-refractivity contribution is 9.10. The largest absolute Gasteiger partial charge is 0.490 e. The van der Waals surface area contributed by atoms with Gasteiger partial charge in [0.25, 0.3) is 0 Å². The van der Waals surface area contributed by atoms with E-state index in [1.54, 1.807) is 0 Å². The van der Waals surface area contributed by atoms with Crippen molar-refractivity contribution in [2.24, 2.45) is 10.9 Å². The number of hydrogen-bond acceptors (Lipinski definition) is 4. The van der Waals surface area contributed by atoms with Crippen LogP contribution < -0.4 is 14.8 Å². The number of nitrogens with one attached hydrogen (secondary N) is 1. The molecule has 0 spiro atoms. The molecule has 0 saturated carbocycles. The molecule has 0 radical (unpaired) electrons. The first-order chi connectivity index (χ1) is 21.6. The van der Waals surface area contributed by atoms with Gasteiger partial charge in [-0.25, -0.2) is 0 Å². The van der Waals surface area contributed by atoms with Crippen LogP contribution in [0.2, 0.25) is 0 Å². The van der Waals surface area contributed by atoms with Gasteiger partial charge in [0, 0.05) is 17.8 Å². The van der Waals surface area contributed by atoms with Gasteiger partial charge < -0.3 is 14.8 Å². The number of anilines is 1. The van der Waals surface area contributed by atoms with Crippen LogP contribution in [-0.4, -0.2) is 12.8 Å². The summed E-state index contributed by atoms with van der Waals surface area (Å²) in [5.74, 6) is 2.37. The highest BCUT2D eigenvalue weighted by atomic mass is 79.9. The quantitative estimate of drug-likeness (QED) is 0.135. The van der Waals surface area contributed by atoms with E-state index < -0.39 is 0 Å². The summed E-state index contributed by atoms with van der Waals surface area (Å²) < 4.78 is 13.2. The standard InChI is InChI=1S/C39H35BrN2O2/c1-3-43-37-22-26(21-35(40)39(37)44-24-29-10-6-9-27-8-4-5-11-31(27)29)23-41-30-17-15-28(16-18-30)38-33-13-7-12-32(33)34-20-25(2)14-19-36(34)42-38/h4-12,14-23,32-33,38,42H,3,13,24H2,1-2H3/t32-,33+,38-/m0/s1. The minimum atomic E-state index is 0.273. The minimum absolute atomic E-state index is 0.273. The van der Waals surface area contributed by atoms with E-state index in [-0.39, 0.29) is 6.04 Å². The number of allylic oxidation sites excluding steroid dienone is 2. The molecule has 7 rings (SSSR count). The molecular weight excluding hydrogens is 608 g/mol. The second-order valence-electron chi connectivity index (χ2n) is 11.6. The van der Waals surface area contributed by atoms with Crippen LogP contribution in [-0.2, 0) is 6.61 Å². The Morgan fingerprint density at radius 3 is 2.64 bits per heavy atom. The van der Waals surface area contributed by atoms with Crippen LogP contribution in [0.4, 0.5) is 11.4 Å². The number of fused-ring (bicyclic) bond motifs is 4. The van der Waals surface area contributed by atoms with E-state index in [0.717, 1.165) is 27.7 Å². The summed E-state index contributed by atoms with van der Waals surface area (Å²) in [5.41, 5.74) is 8.25. The first-order valence-corrected chi connectivity index (χ1v) is 16.1. The Kier molecular flexibility index (Phi) is 7.97. The molecule has 0 bridgehead atoms. The summed E-state index contributed by atoms with van der Waals surface area (Å²) >= 11 is 3.73. The van der Waals surface area contributed by atoms with Crippen LogP contribution in [0.1, 0.15) is 53.1 Å². The van der Waals surface area contributed by atoms with Crippen LogP contribution in [0.5, 0.6) is 11.5 Å². The Morgan fingerprint density at radius 2 is 1.77 bits per heavy atom. The van der Waals surface area contributed by atoms with Crippen molar-refractivity contribution in [2.75, 3.05) is 11.9 Å². The summed E-state index contributed by atoms with van der Waals surface area (Å²) in [6.45, 7) is 5.13. The van der Waals surface area contributed by atoms with Gasteiger partial charge in [-0.3, -0.25) is 4.99 Å². The number of ether oxygens (including phenoxy) is 2. The van der Waals surface area contributed by atoms with Gasteiger partial charge in [-0.1, -0.05) is 84.4 Å². The van der Waals surface area contributed by atoms with Gasteiger partial charge in [-0.05, 0) is 105 Å². The van der Waals surface area contributed by atoms with Crippen molar-refractivity contribution < 1.29 is 9.47 Å². The van der Waals surface area contributed by atoms with Gasteiger partial charge in [-0.15, -0.1) is 0 Å². The topological polar surface area (TPSA) is 42.8 Å². The second kappa shape index (κ2) is 12.3. The molecule has 3 atom stereocenters. The Hall–Kier alpha value is -4.35. The number of benzene rings is 5. The highest BCUT2D eigenvalue weighted by Gasteiger charge is 2.37. The zero-order valence-corrected chi connectivity index (χ0v) is 26.6. The maximum atomic E-state index is 6.33. The van der Waals surface area contributed by atoms with Crippen LogP contribution in [0, 0.1) is 12.8 Å². The number of hydrogen-bond donors (Lipinski definition) is 1. The van der Waals surface area contributed by atoms with Crippen LogP contribution in [0.3, 0.4) is 0 Å². The molecule has 5 aromatic rings. The van der Waals surface area contributed by atoms with E-state index in [2.05, 4.69) is 125 Å². The zero-order valence-electron chi connectivity index (χ0n) is 25.0. The smallest absolute Gasteiger partial charge is 0.175 e. The van der Waals surface area contributed by atoms with Crippen molar-refractivity contribution in [3.8, 4) is 11.5 Å². The molecule has 0 fully saturated rings. The summed E-state index contributed by atoms with van der Waals surface area (Å²) in [6, 6.07) is 34.4. The monoisotopic (exact) mass is 642 g/mol. The van der Waals surface area contributed by atoms with Gasteiger partial charge in [-0.2, -0.15) is 0 Å². The third-order valence-electron chi connectivity index (χ3n) is 8.72. The molecule has 2 aliphatic rings. The maximum absolute atomic E-state index is 6.33. The zero-order chi connectivity index (χ0) is 30.0. The van der Waals surface area contributed by atoms with E-state index in [0.29, 0.717) is 36.5 Å². The summed E-state index contributed by atoms with van der Waals surface area (Å²) in [7, 11) is 0. The van der Waals surface area contributed by atoms with E-state index in [1.807, 2.05) is 25.3 Å². The number of aryl methyl sites for hydroxylation is 1. The SMILES string of the molecule is CCOc1cc(C=Nc2ccc([C@@H]3Nc4ccc(C)cc4[C@H]4C=CC[C@H]43)cc2)cc(Br)c1OCc1cccc2ccccc12. The number of aliphatic imine (C=N–C) groups is 1. The lowest BCUT2D eigenvalue weighted by molar-refractivity contribution is 0.268. The van der Waals surface area contributed by atoms with Gasteiger partial charge in [0.05, 0.1) is 22.8 Å². The Morgan fingerprint density at radius 1 is 0.932 bits per heavy atom. The Bertz CT molecular complexity index is 1870. The molecule has 0 aromatic heterocycles. The fourth-order valence-corrected chi connectivity index (χ4v) is 7.17. The Balaban J connectivity index is 1.08. The summed E-state index contributed by atoms with van der Waals surface area (Å²) in [4.78, 5) is 4.80. The van der Waals surface area contributed by atoms with Crippen LogP contribution in [0.15, 0.2) is 119 Å². The third kappa shape index (κ3) is 5.65. The number of halogens is 1. The van der Waals surface area contributed by atoms with Crippen LogP contribution >= 0.6 is 15.9 Å². The lowest BCUT2D eigenvalue weighted by Crippen LogP contribution is -2.29. The van der Waals surface area contributed by atoms with Gasteiger partial charge in [0.1, 0.15) is 6.61 Å². The average Bonchev–Trinajstić information content (AvgIpc) is 3.54. The molecule has 1 heterocycles. The average molecular weight is 644 g/mol. The second-order valence-corrected chi connectivity index (χ2v) is 12.5. The van der Waals surface area contributed by atoms with E-state index in [4.69, 9.17) is 14.5 Å². The number of rotatable bonds is 8. The fraction of sp³-hybridized carbons (Fsp3) is 0.205. The van der Waals surface area contributed by atoms with Crippen molar-refractivity contribution in [3.63, 3.8) is 0 Å². The lowest BCUT2D eigenvalue weighted by atomic mass is 9.76. The molecule has 0 amide bonds. The Labute approximate surface area is 267 Å². The molecule has 44 heavy (non-hydrogen) atoms. The van der Waals surface area contributed by atoms with Crippen molar-refractivity contribution in [3.05, 3.63) is 142 Å². The maximum Gasteiger partial charge on any atom is 0.175 e. The lowest BCUT2D eigenvalue weighted by Gasteiger charge is -2.37. The third-order valence-corrected chi connectivity index (χ3v) is 9.31. The molecule has 4 nitrogen and oxygen atoms in total. The van der Waals surface area contributed by atoms with Crippen molar-refractivity contribution in [1.29, 1.82) is 0 Å². The molecule has 1 N–H and O–H groups in total. The van der Waals surface area contributed by atoms with Crippen molar-refractivity contribution in [2.45, 2.75) is 38.8 Å². The van der Waals surface area contributed by atoms with Crippen LogP contribution in [0.25, 0.3) is 10.8 Å². The molecule has 0 saturated heterocycles. The molecule has 1 aliphatic carbocycles. The molecule has 1 aliphatic heterocycles. The summed E-state index contributed by atoms with van der Waals surface area (Å²) in [6.07, 6.45) is 7.71. The highest BCUT2D eigenvalue weighted by Crippen LogP contribution is 2.50. The first-order valence-electron chi connectivity index (χ1n) is 15.3. The minimum Gasteiger partial charge on any atom is -0.490 e. The van der Waals surface area contributed by atoms with Gasteiger partial charge in [0.2, 0.25) is 0 Å². The normalized spacial score (nSPS) is 18.7. The van der Waals surface area contributed by atoms with E-state index in [9.17, 15) is 0 Å². The van der Waals surface area contributed by atoms with Crippen molar-refractivity contribution in [1.82, 2.24) is 0 Å². The van der Waals surface area contributed by atoms with E-state index >= 15 is 0 Å². The molecule has 5 aromatic carbocycles.